The first kappa shape index (κ1) is 16.2. The summed E-state index contributed by atoms with van der Waals surface area (Å²) in [7, 11) is 0. The number of carbonyl (C=O) groups is 1. The first-order valence-corrected chi connectivity index (χ1v) is 7.11. The molecule has 0 aliphatic carbocycles. The molecule has 1 atom stereocenters. The van der Waals surface area contributed by atoms with Crippen molar-refractivity contribution in [1.82, 2.24) is 0 Å². The highest BCUT2D eigenvalue weighted by molar-refractivity contribution is 5.72. The summed E-state index contributed by atoms with van der Waals surface area (Å²) < 4.78 is 5.43. The van der Waals surface area contributed by atoms with Crippen molar-refractivity contribution in [3.05, 3.63) is 60.2 Å². The molecule has 0 heterocycles. The molecule has 0 aromatic heterocycles. The molecule has 20 heavy (non-hydrogen) atoms. The van der Waals surface area contributed by atoms with E-state index >= 15 is 0 Å². The zero-order valence-corrected chi connectivity index (χ0v) is 12.5. The molecule has 108 valence electrons. The van der Waals surface area contributed by atoms with Gasteiger partial charge in [-0.25, -0.2) is 0 Å². The summed E-state index contributed by atoms with van der Waals surface area (Å²) in [6.45, 7) is 7.71. The summed E-state index contributed by atoms with van der Waals surface area (Å²) in [6, 6.07) is 9.67. The zero-order chi connectivity index (χ0) is 14.8. The van der Waals surface area contributed by atoms with Gasteiger partial charge in [0.1, 0.15) is 6.10 Å². The van der Waals surface area contributed by atoms with Crippen molar-refractivity contribution in [2.75, 3.05) is 0 Å². The van der Waals surface area contributed by atoms with Crippen molar-refractivity contribution in [2.45, 2.75) is 45.6 Å². The molecule has 0 spiro atoms. The third kappa shape index (κ3) is 6.93. The van der Waals surface area contributed by atoms with E-state index in [9.17, 15) is 4.79 Å². The topological polar surface area (TPSA) is 26.3 Å². The SMILES string of the molecule is C=CCC/C=C(\C)CC(C)OC(=O)Cc1ccccc1. The van der Waals surface area contributed by atoms with Gasteiger partial charge in [0.2, 0.25) is 0 Å². The van der Waals surface area contributed by atoms with E-state index in [-0.39, 0.29) is 12.1 Å². The molecular formula is C18H24O2. The van der Waals surface area contributed by atoms with Crippen LogP contribution in [0.1, 0.15) is 38.7 Å². The minimum Gasteiger partial charge on any atom is -0.462 e. The quantitative estimate of drug-likeness (QED) is 0.396. The summed E-state index contributed by atoms with van der Waals surface area (Å²) in [4.78, 5) is 11.8. The Morgan fingerprint density at radius 3 is 2.65 bits per heavy atom. The van der Waals surface area contributed by atoms with E-state index in [1.54, 1.807) is 0 Å². The maximum Gasteiger partial charge on any atom is 0.310 e. The maximum atomic E-state index is 11.8. The fourth-order valence-corrected chi connectivity index (χ4v) is 2.05. The standard InChI is InChI=1S/C18H24O2/c1-4-5-7-10-15(2)13-16(3)20-18(19)14-17-11-8-6-9-12-17/h4,6,8-12,16H,1,5,7,13-14H2,2-3H3/b15-10+. The summed E-state index contributed by atoms with van der Waals surface area (Å²) in [5.74, 6) is -0.164. The Labute approximate surface area is 122 Å². The summed E-state index contributed by atoms with van der Waals surface area (Å²) in [5, 5.41) is 0. The van der Waals surface area contributed by atoms with Crippen LogP contribution in [0.2, 0.25) is 0 Å². The van der Waals surface area contributed by atoms with E-state index in [4.69, 9.17) is 4.74 Å². The van der Waals surface area contributed by atoms with Gasteiger partial charge in [-0.3, -0.25) is 4.79 Å². The minimum absolute atomic E-state index is 0.0776. The second kappa shape index (κ2) is 9.13. The molecule has 1 aromatic carbocycles. The number of benzene rings is 1. The normalized spacial score (nSPS) is 12.8. The van der Waals surface area contributed by atoms with Crippen molar-refractivity contribution in [2.24, 2.45) is 0 Å². The van der Waals surface area contributed by atoms with Crippen LogP contribution >= 0.6 is 0 Å². The molecule has 1 unspecified atom stereocenters. The highest BCUT2D eigenvalue weighted by Crippen LogP contribution is 2.11. The molecule has 0 aliphatic heterocycles. The molecule has 0 amide bonds. The molecule has 0 saturated carbocycles. The third-order valence-corrected chi connectivity index (χ3v) is 3.00. The number of unbranched alkanes of at least 4 members (excludes halogenated alkanes) is 1. The molecule has 0 fully saturated rings. The number of hydrogen-bond acceptors (Lipinski definition) is 2. The van der Waals surface area contributed by atoms with Crippen LogP contribution < -0.4 is 0 Å². The third-order valence-electron chi connectivity index (χ3n) is 3.00. The largest absolute Gasteiger partial charge is 0.462 e. The summed E-state index contributed by atoms with van der Waals surface area (Å²) in [5.41, 5.74) is 2.25. The molecule has 0 aliphatic rings. The van der Waals surface area contributed by atoms with Crippen LogP contribution in [0.15, 0.2) is 54.6 Å². The number of ether oxygens (including phenoxy) is 1. The van der Waals surface area contributed by atoms with Gasteiger partial charge >= 0.3 is 5.97 Å². The first-order chi connectivity index (χ1) is 9.61. The van der Waals surface area contributed by atoms with Gasteiger partial charge in [0.15, 0.2) is 0 Å². The Bertz CT molecular complexity index is 446. The number of rotatable bonds is 8. The van der Waals surface area contributed by atoms with Crippen molar-refractivity contribution in [1.29, 1.82) is 0 Å². The van der Waals surface area contributed by atoms with Crippen molar-refractivity contribution >= 4 is 5.97 Å². The van der Waals surface area contributed by atoms with Gasteiger partial charge in [-0.2, -0.15) is 0 Å². The van der Waals surface area contributed by atoms with Gasteiger partial charge in [0.05, 0.1) is 6.42 Å². The van der Waals surface area contributed by atoms with E-state index in [1.165, 1.54) is 5.57 Å². The van der Waals surface area contributed by atoms with E-state index in [2.05, 4.69) is 19.6 Å². The highest BCUT2D eigenvalue weighted by Gasteiger charge is 2.10. The van der Waals surface area contributed by atoms with Gasteiger partial charge in [0, 0.05) is 6.42 Å². The Hall–Kier alpha value is -1.83. The van der Waals surface area contributed by atoms with E-state index in [1.807, 2.05) is 43.3 Å². The van der Waals surface area contributed by atoms with Gasteiger partial charge < -0.3 is 4.74 Å². The molecule has 0 radical (unpaired) electrons. The van der Waals surface area contributed by atoms with E-state index < -0.39 is 0 Å². The molecular weight excluding hydrogens is 248 g/mol. The second-order valence-corrected chi connectivity index (χ2v) is 5.08. The average molecular weight is 272 g/mol. The number of esters is 1. The molecule has 0 saturated heterocycles. The minimum atomic E-state index is -0.164. The molecule has 0 bridgehead atoms. The highest BCUT2D eigenvalue weighted by atomic mass is 16.5. The van der Waals surface area contributed by atoms with Crippen LogP contribution in [0.5, 0.6) is 0 Å². The van der Waals surface area contributed by atoms with Gasteiger partial charge in [-0.05, 0) is 32.3 Å². The van der Waals surface area contributed by atoms with Crippen LogP contribution in [0.4, 0.5) is 0 Å². The Morgan fingerprint density at radius 1 is 1.30 bits per heavy atom. The van der Waals surface area contributed by atoms with Crippen molar-refractivity contribution in [3.63, 3.8) is 0 Å². The Balaban J connectivity index is 2.34. The van der Waals surface area contributed by atoms with Crippen LogP contribution in [0.25, 0.3) is 0 Å². The zero-order valence-electron chi connectivity index (χ0n) is 12.5. The van der Waals surface area contributed by atoms with Gasteiger partial charge in [-0.1, -0.05) is 48.1 Å². The summed E-state index contributed by atoms with van der Waals surface area (Å²) in [6.07, 6.45) is 7.13. The van der Waals surface area contributed by atoms with Crippen molar-refractivity contribution < 1.29 is 9.53 Å². The van der Waals surface area contributed by atoms with Crippen LogP contribution in [-0.4, -0.2) is 12.1 Å². The van der Waals surface area contributed by atoms with E-state index in [0.717, 1.165) is 24.8 Å². The monoisotopic (exact) mass is 272 g/mol. The van der Waals surface area contributed by atoms with Gasteiger partial charge in [0.25, 0.3) is 0 Å². The lowest BCUT2D eigenvalue weighted by atomic mass is 10.1. The maximum absolute atomic E-state index is 11.8. The Morgan fingerprint density at radius 2 is 2.00 bits per heavy atom. The fraction of sp³-hybridized carbons (Fsp3) is 0.389. The average Bonchev–Trinajstić information content (AvgIpc) is 2.39. The molecule has 1 rings (SSSR count). The van der Waals surface area contributed by atoms with E-state index in [0.29, 0.717) is 6.42 Å². The van der Waals surface area contributed by atoms with Crippen LogP contribution in [0.3, 0.4) is 0 Å². The second-order valence-electron chi connectivity index (χ2n) is 5.08. The first-order valence-electron chi connectivity index (χ1n) is 7.11. The lowest BCUT2D eigenvalue weighted by molar-refractivity contribution is -0.147. The number of allylic oxidation sites excluding steroid dienone is 2. The van der Waals surface area contributed by atoms with Crippen molar-refractivity contribution in [3.8, 4) is 0 Å². The molecule has 2 nitrogen and oxygen atoms in total. The smallest absolute Gasteiger partial charge is 0.310 e. The molecule has 1 aromatic rings. The lowest BCUT2D eigenvalue weighted by Gasteiger charge is -2.13. The van der Waals surface area contributed by atoms with Crippen LogP contribution in [0, 0.1) is 0 Å². The number of hydrogen-bond donors (Lipinski definition) is 0. The predicted molar refractivity (Wildman–Crippen MR) is 83.5 cm³/mol. The van der Waals surface area contributed by atoms with Crippen LogP contribution in [-0.2, 0) is 16.0 Å². The molecule has 2 heteroatoms. The lowest BCUT2D eigenvalue weighted by Crippen LogP contribution is -2.17. The fourth-order valence-electron chi connectivity index (χ4n) is 2.05. The number of carbonyl (C=O) groups excluding carboxylic acids is 1. The summed E-state index contributed by atoms with van der Waals surface area (Å²) >= 11 is 0. The predicted octanol–water partition coefficient (Wildman–Crippen LogP) is 4.46. The molecule has 0 N–H and O–H groups in total. The van der Waals surface area contributed by atoms with Gasteiger partial charge in [-0.15, -0.1) is 6.58 Å². The Kier molecular flexibility index (Phi) is 7.41.